The number of amides is 1. The average Bonchev–Trinajstić information content (AvgIpc) is 2.75. The molecule has 144 valence electrons. The third-order valence-corrected chi connectivity index (χ3v) is 4.13. The molecule has 1 heterocycles. The number of carbonyl (C=O) groups excluding carboxylic acids is 1. The Kier molecular flexibility index (Phi) is 6.41. The van der Waals surface area contributed by atoms with E-state index in [0.29, 0.717) is 18.1 Å². The second-order valence-electron chi connectivity index (χ2n) is 5.98. The topological polar surface area (TPSA) is 85.4 Å². The van der Waals surface area contributed by atoms with E-state index in [4.69, 9.17) is 9.47 Å². The minimum absolute atomic E-state index is 0.259. The fraction of sp³-hybridized carbons (Fsp3) is 0.190. The van der Waals surface area contributed by atoms with Crippen LogP contribution in [-0.2, 0) is 6.42 Å². The number of rotatable bonds is 8. The van der Waals surface area contributed by atoms with Gasteiger partial charge in [0, 0.05) is 6.54 Å². The summed E-state index contributed by atoms with van der Waals surface area (Å²) in [6.45, 7) is 0.508. The summed E-state index contributed by atoms with van der Waals surface area (Å²) in [7, 11) is 3.24. The predicted octanol–water partition coefficient (Wildman–Crippen LogP) is 3.21. The van der Waals surface area contributed by atoms with Crippen LogP contribution in [0.3, 0.4) is 0 Å². The molecule has 1 amide bonds. The normalized spacial score (nSPS) is 10.2. The molecule has 0 fully saturated rings. The number of methoxy groups -OCH3 is 2. The van der Waals surface area contributed by atoms with E-state index in [1.54, 1.807) is 26.4 Å². The summed E-state index contributed by atoms with van der Waals surface area (Å²) >= 11 is 0. The van der Waals surface area contributed by atoms with Crippen molar-refractivity contribution in [1.29, 1.82) is 0 Å². The Morgan fingerprint density at radius 3 is 2.39 bits per heavy atom. The molecule has 0 spiro atoms. The summed E-state index contributed by atoms with van der Waals surface area (Å²) in [6.07, 6.45) is 0.719. The van der Waals surface area contributed by atoms with Crippen molar-refractivity contribution >= 4 is 17.4 Å². The Morgan fingerprint density at radius 2 is 1.71 bits per heavy atom. The quantitative estimate of drug-likeness (QED) is 0.626. The second-order valence-corrected chi connectivity index (χ2v) is 5.98. The largest absolute Gasteiger partial charge is 0.497 e. The highest BCUT2D eigenvalue weighted by molar-refractivity contribution is 5.92. The number of nitrogens with one attached hydrogen (secondary N) is 2. The zero-order chi connectivity index (χ0) is 19.8. The van der Waals surface area contributed by atoms with Gasteiger partial charge in [0.15, 0.2) is 11.5 Å². The van der Waals surface area contributed by atoms with Crippen LogP contribution in [0.15, 0.2) is 60.7 Å². The fourth-order valence-electron chi connectivity index (χ4n) is 2.61. The van der Waals surface area contributed by atoms with Gasteiger partial charge in [-0.05, 0) is 48.4 Å². The number of anilines is 2. The van der Waals surface area contributed by atoms with Crippen LogP contribution in [0, 0.1) is 0 Å². The van der Waals surface area contributed by atoms with Gasteiger partial charge in [0.2, 0.25) is 0 Å². The van der Waals surface area contributed by atoms with Crippen molar-refractivity contribution in [2.24, 2.45) is 0 Å². The van der Waals surface area contributed by atoms with Crippen LogP contribution in [0.4, 0.5) is 11.5 Å². The van der Waals surface area contributed by atoms with Crippen LogP contribution in [0.5, 0.6) is 11.5 Å². The molecule has 3 aromatic rings. The number of aromatic nitrogens is 2. The molecule has 28 heavy (non-hydrogen) atoms. The molecule has 0 aliphatic carbocycles. The Bertz CT molecular complexity index is 912. The summed E-state index contributed by atoms with van der Waals surface area (Å²) in [5, 5.41) is 14.0. The highest BCUT2D eigenvalue weighted by Crippen LogP contribution is 2.25. The lowest BCUT2D eigenvalue weighted by Gasteiger charge is -2.10. The second kappa shape index (κ2) is 9.36. The summed E-state index contributed by atoms with van der Waals surface area (Å²) in [4.78, 5) is 12.2. The van der Waals surface area contributed by atoms with E-state index < -0.39 is 0 Å². The number of nitrogens with zero attached hydrogens (tertiary/aromatic N) is 2. The molecule has 2 N–H and O–H groups in total. The smallest absolute Gasteiger partial charge is 0.271 e. The molecular formula is C21H22N4O3. The first-order valence-corrected chi connectivity index (χ1v) is 8.84. The molecule has 2 aromatic carbocycles. The van der Waals surface area contributed by atoms with Crippen molar-refractivity contribution in [1.82, 2.24) is 15.5 Å². The molecule has 0 bridgehead atoms. The molecule has 0 radical (unpaired) electrons. The predicted molar refractivity (Wildman–Crippen MR) is 107 cm³/mol. The number of para-hydroxylation sites is 2. The minimum atomic E-state index is -0.259. The van der Waals surface area contributed by atoms with Crippen molar-refractivity contribution in [3.8, 4) is 11.5 Å². The minimum Gasteiger partial charge on any atom is -0.497 e. The lowest BCUT2D eigenvalue weighted by molar-refractivity contribution is 0.0948. The van der Waals surface area contributed by atoms with Gasteiger partial charge in [0.05, 0.1) is 19.9 Å². The van der Waals surface area contributed by atoms with Crippen LogP contribution >= 0.6 is 0 Å². The summed E-state index contributed by atoms with van der Waals surface area (Å²) in [5.41, 5.74) is 2.15. The lowest BCUT2D eigenvalue weighted by Crippen LogP contribution is -2.26. The molecule has 3 rings (SSSR count). The molecule has 1 aromatic heterocycles. The Labute approximate surface area is 163 Å². The Hall–Kier alpha value is -3.61. The van der Waals surface area contributed by atoms with Crippen LogP contribution in [0.25, 0.3) is 0 Å². The van der Waals surface area contributed by atoms with E-state index in [2.05, 4.69) is 20.8 Å². The molecule has 0 unspecified atom stereocenters. The van der Waals surface area contributed by atoms with Crippen LogP contribution in [-0.4, -0.2) is 36.9 Å². The maximum atomic E-state index is 12.2. The Balaban J connectivity index is 1.53. The first kappa shape index (κ1) is 19.2. The summed E-state index contributed by atoms with van der Waals surface area (Å²) < 4.78 is 10.4. The van der Waals surface area contributed by atoms with Gasteiger partial charge in [-0.15, -0.1) is 10.2 Å². The molecule has 7 heteroatoms. The van der Waals surface area contributed by atoms with Gasteiger partial charge in [-0.3, -0.25) is 4.79 Å². The van der Waals surface area contributed by atoms with E-state index in [1.165, 1.54) is 0 Å². The number of benzene rings is 2. The number of hydrogen-bond donors (Lipinski definition) is 2. The summed E-state index contributed by atoms with van der Waals surface area (Å²) in [6, 6.07) is 18.6. The van der Waals surface area contributed by atoms with Gasteiger partial charge in [-0.2, -0.15) is 0 Å². The van der Waals surface area contributed by atoms with Crippen molar-refractivity contribution in [3.05, 3.63) is 71.9 Å². The Morgan fingerprint density at radius 1 is 0.929 bits per heavy atom. The fourth-order valence-corrected chi connectivity index (χ4v) is 2.61. The number of carbonyl (C=O) groups is 1. The van der Waals surface area contributed by atoms with E-state index in [-0.39, 0.29) is 11.6 Å². The van der Waals surface area contributed by atoms with Crippen LogP contribution < -0.4 is 20.1 Å². The molecule has 0 atom stereocenters. The van der Waals surface area contributed by atoms with E-state index in [0.717, 1.165) is 23.4 Å². The molecule has 0 aliphatic rings. The SMILES string of the molecule is COc1ccc(CCNC(=O)c2ccc(Nc3ccccc3OC)nn2)cc1. The lowest BCUT2D eigenvalue weighted by atomic mass is 10.1. The van der Waals surface area contributed by atoms with Gasteiger partial charge < -0.3 is 20.1 Å². The molecule has 0 saturated carbocycles. The van der Waals surface area contributed by atoms with Crippen molar-refractivity contribution < 1.29 is 14.3 Å². The zero-order valence-electron chi connectivity index (χ0n) is 15.8. The van der Waals surface area contributed by atoms with Gasteiger partial charge in [0.25, 0.3) is 5.91 Å². The average molecular weight is 378 g/mol. The third kappa shape index (κ3) is 4.97. The van der Waals surface area contributed by atoms with Gasteiger partial charge in [-0.1, -0.05) is 24.3 Å². The molecule has 0 saturated heterocycles. The van der Waals surface area contributed by atoms with Crippen molar-refractivity contribution in [2.45, 2.75) is 6.42 Å². The van der Waals surface area contributed by atoms with Crippen molar-refractivity contribution in [3.63, 3.8) is 0 Å². The van der Waals surface area contributed by atoms with E-state index in [1.807, 2.05) is 48.5 Å². The zero-order valence-corrected chi connectivity index (χ0v) is 15.8. The first-order chi connectivity index (χ1) is 13.7. The van der Waals surface area contributed by atoms with Crippen LogP contribution in [0.2, 0.25) is 0 Å². The monoisotopic (exact) mass is 378 g/mol. The highest BCUT2D eigenvalue weighted by Gasteiger charge is 2.09. The molecule has 7 nitrogen and oxygen atoms in total. The van der Waals surface area contributed by atoms with E-state index in [9.17, 15) is 4.79 Å². The van der Waals surface area contributed by atoms with Crippen molar-refractivity contribution in [2.75, 3.05) is 26.1 Å². The first-order valence-electron chi connectivity index (χ1n) is 8.84. The molecular weight excluding hydrogens is 356 g/mol. The van der Waals surface area contributed by atoms with Crippen LogP contribution in [0.1, 0.15) is 16.1 Å². The van der Waals surface area contributed by atoms with Gasteiger partial charge in [-0.25, -0.2) is 0 Å². The van der Waals surface area contributed by atoms with Gasteiger partial charge in [0.1, 0.15) is 11.5 Å². The maximum Gasteiger partial charge on any atom is 0.271 e. The standard InChI is InChI=1S/C21H22N4O3/c1-27-16-9-7-15(8-10-16)13-14-22-21(26)18-11-12-20(25-24-18)23-17-5-3-4-6-19(17)28-2/h3-12H,13-14H2,1-2H3,(H,22,26)(H,23,25). The summed E-state index contributed by atoms with van der Waals surface area (Å²) in [5.74, 6) is 1.78. The highest BCUT2D eigenvalue weighted by atomic mass is 16.5. The number of hydrogen-bond acceptors (Lipinski definition) is 6. The van der Waals surface area contributed by atoms with E-state index >= 15 is 0 Å². The third-order valence-electron chi connectivity index (χ3n) is 4.13. The molecule has 0 aliphatic heterocycles. The van der Waals surface area contributed by atoms with Gasteiger partial charge >= 0.3 is 0 Å². The number of ether oxygens (including phenoxy) is 2. The maximum absolute atomic E-state index is 12.2.